The number of nitro groups is 1. The van der Waals surface area contributed by atoms with Crippen molar-refractivity contribution in [2.24, 2.45) is 5.92 Å². The Balaban J connectivity index is 2.45. The number of nitrogens with zero attached hydrogens (tertiary/aromatic N) is 1. The van der Waals surface area contributed by atoms with Crippen LogP contribution in [0, 0.1) is 16.0 Å². The lowest BCUT2D eigenvalue weighted by molar-refractivity contribution is -0.384. The number of benzene rings is 1. The number of amides is 2. The lowest BCUT2D eigenvalue weighted by Crippen LogP contribution is -2.41. The van der Waals surface area contributed by atoms with Crippen molar-refractivity contribution in [3.05, 3.63) is 39.9 Å². The van der Waals surface area contributed by atoms with Gasteiger partial charge in [0, 0.05) is 23.7 Å². The van der Waals surface area contributed by atoms with Crippen molar-refractivity contribution in [3.63, 3.8) is 0 Å². The lowest BCUT2D eigenvalue weighted by Gasteiger charge is -2.15. The molecule has 1 aromatic rings. The van der Waals surface area contributed by atoms with Crippen LogP contribution >= 0.6 is 0 Å². The maximum Gasteiger partial charge on any atom is 0.270 e. The predicted octanol–water partition coefficient (Wildman–Crippen LogP) is 2.27. The van der Waals surface area contributed by atoms with Crippen molar-refractivity contribution < 1.29 is 14.5 Å². The number of hydrogen-bond acceptors (Lipinski definition) is 4. The van der Waals surface area contributed by atoms with E-state index >= 15 is 0 Å². The highest BCUT2D eigenvalue weighted by Crippen LogP contribution is 2.12. The molecule has 1 atom stereocenters. The van der Waals surface area contributed by atoms with E-state index in [2.05, 4.69) is 24.5 Å². The summed E-state index contributed by atoms with van der Waals surface area (Å²) in [6, 6.07) is 5.42. The maximum atomic E-state index is 11.9. The summed E-state index contributed by atoms with van der Waals surface area (Å²) >= 11 is 0. The SMILES string of the molecule is CC(C)CCC(C)NC(=O)CNC(=O)c1cccc([N+](=O)[O-])c1. The van der Waals surface area contributed by atoms with E-state index in [9.17, 15) is 19.7 Å². The number of rotatable bonds is 8. The summed E-state index contributed by atoms with van der Waals surface area (Å²) in [5.74, 6) is -0.221. The predicted molar refractivity (Wildman–Crippen MR) is 87.1 cm³/mol. The van der Waals surface area contributed by atoms with E-state index in [0.29, 0.717) is 5.92 Å². The van der Waals surface area contributed by atoms with Gasteiger partial charge in [-0.1, -0.05) is 19.9 Å². The normalized spacial score (nSPS) is 11.8. The van der Waals surface area contributed by atoms with Gasteiger partial charge < -0.3 is 10.6 Å². The standard InChI is InChI=1S/C16H23N3O4/c1-11(2)7-8-12(3)18-15(20)10-17-16(21)13-5-4-6-14(9-13)19(22)23/h4-6,9,11-12H,7-8,10H2,1-3H3,(H,17,21)(H,18,20). The van der Waals surface area contributed by atoms with Gasteiger partial charge in [-0.15, -0.1) is 0 Å². The molecule has 1 unspecified atom stereocenters. The van der Waals surface area contributed by atoms with Gasteiger partial charge in [-0.25, -0.2) is 0 Å². The number of carbonyl (C=O) groups excluding carboxylic acids is 2. The summed E-state index contributed by atoms with van der Waals surface area (Å²) in [7, 11) is 0. The Kier molecular flexibility index (Phi) is 7.18. The summed E-state index contributed by atoms with van der Waals surface area (Å²) in [5, 5.41) is 16.0. The van der Waals surface area contributed by atoms with E-state index < -0.39 is 10.8 Å². The first-order chi connectivity index (χ1) is 10.8. The van der Waals surface area contributed by atoms with Gasteiger partial charge in [0.2, 0.25) is 5.91 Å². The Bertz CT molecular complexity index is 572. The van der Waals surface area contributed by atoms with Crippen LogP contribution in [0.25, 0.3) is 0 Å². The minimum Gasteiger partial charge on any atom is -0.352 e. The zero-order valence-electron chi connectivity index (χ0n) is 13.7. The Morgan fingerprint density at radius 1 is 1.22 bits per heavy atom. The van der Waals surface area contributed by atoms with Crippen molar-refractivity contribution in [1.82, 2.24) is 10.6 Å². The molecule has 0 radical (unpaired) electrons. The molecule has 0 aliphatic carbocycles. The van der Waals surface area contributed by atoms with Crippen molar-refractivity contribution in [2.75, 3.05) is 6.54 Å². The molecule has 0 saturated carbocycles. The molecule has 126 valence electrons. The highest BCUT2D eigenvalue weighted by molar-refractivity contribution is 5.96. The highest BCUT2D eigenvalue weighted by Gasteiger charge is 2.13. The highest BCUT2D eigenvalue weighted by atomic mass is 16.6. The van der Waals surface area contributed by atoms with E-state index in [1.165, 1.54) is 24.3 Å². The van der Waals surface area contributed by atoms with Crippen molar-refractivity contribution in [1.29, 1.82) is 0 Å². The Labute approximate surface area is 135 Å². The molecule has 0 heterocycles. The van der Waals surface area contributed by atoms with E-state index in [0.717, 1.165) is 12.8 Å². The van der Waals surface area contributed by atoms with Crippen LogP contribution in [0.1, 0.15) is 44.0 Å². The second-order valence-electron chi connectivity index (χ2n) is 5.93. The Morgan fingerprint density at radius 3 is 2.52 bits per heavy atom. The van der Waals surface area contributed by atoms with Crippen LogP contribution in [0.2, 0.25) is 0 Å². The number of non-ortho nitro benzene ring substituents is 1. The second-order valence-corrected chi connectivity index (χ2v) is 5.93. The summed E-state index contributed by atoms with van der Waals surface area (Å²) in [6.07, 6.45) is 1.89. The van der Waals surface area contributed by atoms with Gasteiger partial charge in [-0.05, 0) is 31.7 Å². The van der Waals surface area contributed by atoms with Crippen LogP contribution in [0.4, 0.5) is 5.69 Å². The molecule has 0 aliphatic heterocycles. The van der Waals surface area contributed by atoms with Crippen LogP contribution in [0.3, 0.4) is 0 Å². The first-order valence-electron chi connectivity index (χ1n) is 7.61. The maximum absolute atomic E-state index is 11.9. The largest absolute Gasteiger partial charge is 0.352 e. The van der Waals surface area contributed by atoms with E-state index in [-0.39, 0.29) is 29.7 Å². The summed E-state index contributed by atoms with van der Waals surface area (Å²) in [6.45, 7) is 6.00. The van der Waals surface area contributed by atoms with Gasteiger partial charge in [0.1, 0.15) is 0 Å². The lowest BCUT2D eigenvalue weighted by atomic mass is 10.0. The molecule has 2 N–H and O–H groups in total. The van der Waals surface area contributed by atoms with Crippen molar-refractivity contribution >= 4 is 17.5 Å². The molecular formula is C16H23N3O4. The van der Waals surface area contributed by atoms with Gasteiger partial charge in [-0.3, -0.25) is 19.7 Å². The Morgan fingerprint density at radius 2 is 1.91 bits per heavy atom. The molecule has 0 aromatic heterocycles. The fourth-order valence-corrected chi connectivity index (χ4v) is 2.00. The van der Waals surface area contributed by atoms with E-state index in [1.807, 2.05) is 6.92 Å². The van der Waals surface area contributed by atoms with Crippen molar-refractivity contribution in [3.8, 4) is 0 Å². The summed E-state index contributed by atoms with van der Waals surface area (Å²) in [5.41, 5.74) is -0.00994. The number of nitrogens with one attached hydrogen (secondary N) is 2. The van der Waals surface area contributed by atoms with Gasteiger partial charge in [0.25, 0.3) is 11.6 Å². The van der Waals surface area contributed by atoms with Crippen LogP contribution in [-0.2, 0) is 4.79 Å². The molecule has 0 fully saturated rings. The molecular weight excluding hydrogens is 298 g/mol. The fraction of sp³-hybridized carbons (Fsp3) is 0.500. The molecule has 1 rings (SSSR count). The van der Waals surface area contributed by atoms with Gasteiger partial charge in [0.15, 0.2) is 0 Å². The third-order valence-corrected chi connectivity index (χ3v) is 3.31. The summed E-state index contributed by atoms with van der Waals surface area (Å²) in [4.78, 5) is 33.8. The molecule has 2 amide bonds. The molecule has 7 heteroatoms. The number of nitro benzene ring substituents is 1. The van der Waals surface area contributed by atoms with E-state index in [4.69, 9.17) is 0 Å². The molecule has 0 saturated heterocycles. The molecule has 0 spiro atoms. The number of carbonyl (C=O) groups is 2. The summed E-state index contributed by atoms with van der Waals surface area (Å²) < 4.78 is 0. The molecule has 1 aromatic carbocycles. The molecule has 23 heavy (non-hydrogen) atoms. The molecule has 7 nitrogen and oxygen atoms in total. The van der Waals surface area contributed by atoms with E-state index in [1.54, 1.807) is 0 Å². The zero-order chi connectivity index (χ0) is 17.4. The van der Waals surface area contributed by atoms with Crippen LogP contribution in [-0.4, -0.2) is 29.3 Å². The van der Waals surface area contributed by atoms with Crippen LogP contribution in [0.15, 0.2) is 24.3 Å². The first kappa shape index (κ1) is 18.6. The monoisotopic (exact) mass is 321 g/mol. The number of hydrogen-bond donors (Lipinski definition) is 2. The second kappa shape index (κ2) is 8.87. The minimum atomic E-state index is -0.570. The average Bonchev–Trinajstić information content (AvgIpc) is 2.50. The average molecular weight is 321 g/mol. The van der Waals surface area contributed by atoms with Crippen LogP contribution < -0.4 is 10.6 Å². The third kappa shape index (κ3) is 6.90. The van der Waals surface area contributed by atoms with Crippen LogP contribution in [0.5, 0.6) is 0 Å². The molecule has 0 bridgehead atoms. The van der Waals surface area contributed by atoms with Gasteiger partial charge >= 0.3 is 0 Å². The smallest absolute Gasteiger partial charge is 0.270 e. The quantitative estimate of drug-likeness (QED) is 0.566. The zero-order valence-corrected chi connectivity index (χ0v) is 13.7. The topological polar surface area (TPSA) is 101 Å². The third-order valence-electron chi connectivity index (χ3n) is 3.31. The van der Waals surface area contributed by atoms with Crippen molar-refractivity contribution in [2.45, 2.75) is 39.7 Å². The van der Waals surface area contributed by atoms with Gasteiger partial charge in [-0.2, -0.15) is 0 Å². The first-order valence-corrected chi connectivity index (χ1v) is 7.61. The molecule has 0 aliphatic rings. The Hall–Kier alpha value is -2.44. The minimum absolute atomic E-state index is 0.0413. The fourth-order valence-electron chi connectivity index (χ4n) is 2.00. The van der Waals surface area contributed by atoms with Gasteiger partial charge in [0.05, 0.1) is 11.5 Å².